The summed E-state index contributed by atoms with van der Waals surface area (Å²) in [6.07, 6.45) is 3.77. The van der Waals surface area contributed by atoms with E-state index in [2.05, 4.69) is 5.32 Å². The summed E-state index contributed by atoms with van der Waals surface area (Å²) in [5, 5.41) is 3.87. The van der Waals surface area contributed by atoms with Crippen LogP contribution in [-0.2, 0) is 10.3 Å². The minimum absolute atomic E-state index is 0.120. The fourth-order valence-electron chi connectivity index (χ4n) is 2.14. The van der Waals surface area contributed by atoms with E-state index in [1.165, 1.54) is 12.0 Å². The largest absolute Gasteiger partial charge is 0.347 e. The summed E-state index contributed by atoms with van der Waals surface area (Å²) in [5.41, 5.74) is 1.04. The molecule has 0 spiro atoms. The van der Waals surface area contributed by atoms with Crippen molar-refractivity contribution in [1.29, 1.82) is 0 Å². The van der Waals surface area contributed by atoms with E-state index in [0.29, 0.717) is 6.42 Å². The fourth-order valence-corrected chi connectivity index (χ4v) is 2.27. The minimum Gasteiger partial charge on any atom is -0.347 e. The summed E-state index contributed by atoms with van der Waals surface area (Å²) in [5.74, 6) is 0.120. The lowest BCUT2D eigenvalue weighted by molar-refractivity contribution is -0.124. The van der Waals surface area contributed by atoms with Gasteiger partial charge in [0.25, 0.3) is 0 Å². The van der Waals surface area contributed by atoms with Gasteiger partial charge in [-0.05, 0) is 37.0 Å². The number of halogens is 1. The van der Waals surface area contributed by atoms with Crippen LogP contribution in [0.5, 0.6) is 0 Å². The van der Waals surface area contributed by atoms with E-state index in [4.69, 9.17) is 11.6 Å². The maximum absolute atomic E-state index is 11.5. The van der Waals surface area contributed by atoms with Crippen LogP contribution in [0.25, 0.3) is 0 Å². The molecule has 1 N–H and O–H groups in total. The second kappa shape index (κ2) is 4.46. The molecule has 1 amide bonds. The predicted molar refractivity (Wildman–Crippen MR) is 65.4 cm³/mol. The molecule has 16 heavy (non-hydrogen) atoms. The molecule has 1 aliphatic carbocycles. The van der Waals surface area contributed by atoms with Gasteiger partial charge >= 0.3 is 0 Å². The van der Waals surface area contributed by atoms with Crippen molar-refractivity contribution in [3.8, 4) is 0 Å². The molecule has 2 rings (SSSR count). The third kappa shape index (κ3) is 2.07. The molecule has 2 nitrogen and oxygen atoms in total. The van der Waals surface area contributed by atoms with Gasteiger partial charge in [0.1, 0.15) is 0 Å². The van der Waals surface area contributed by atoms with Crippen molar-refractivity contribution in [3.63, 3.8) is 0 Å². The molecule has 1 aliphatic rings. The zero-order valence-electron chi connectivity index (χ0n) is 9.42. The summed E-state index contributed by atoms with van der Waals surface area (Å²) in [6, 6.07) is 7.79. The summed E-state index contributed by atoms with van der Waals surface area (Å²) in [4.78, 5) is 11.5. The molecule has 0 saturated heterocycles. The average molecular weight is 238 g/mol. The molecule has 0 atom stereocenters. The van der Waals surface area contributed by atoms with Crippen LogP contribution in [0.15, 0.2) is 24.3 Å². The molecule has 0 bridgehead atoms. The number of carbonyl (C=O) groups is 1. The Hall–Kier alpha value is -1.02. The second-order valence-corrected chi connectivity index (χ2v) is 4.78. The van der Waals surface area contributed by atoms with Crippen LogP contribution >= 0.6 is 11.6 Å². The highest BCUT2D eigenvalue weighted by Crippen LogP contribution is 2.41. The smallest absolute Gasteiger partial charge is 0.220 e. The molecule has 3 heteroatoms. The lowest BCUT2D eigenvalue weighted by Gasteiger charge is -2.43. The van der Waals surface area contributed by atoms with Gasteiger partial charge in [-0.1, -0.05) is 30.7 Å². The van der Waals surface area contributed by atoms with Crippen molar-refractivity contribution in [2.24, 2.45) is 0 Å². The third-order valence-corrected chi connectivity index (χ3v) is 3.56. The van der Waals surface area contributed by atoms with Crippen LogP contribution < -0.4 is 5.32 Å². The summed E-state index contributed by atoms with van der Waals surface area (Å²) in [7, 11) is 0. The number of hydrogen-bond donors (Lipinski definition) is 1. The van der Waals surface area contributed by atoms with Crippen LogP contribution in [0, 0.1) is 0 Å². The van der Waals surface area contributed by atoms with Gasteiger partial charge in [-0.15, -0.1) is 0 Å². The van der Waals surface area contributed by atoms with Gasteiger partial charge in [0.2, 0.25) is 5.91 Å². The Morgan fingerprint density at radius 3 is 2.44 bits per heavy atom. The molecule has 86 valence electrons. The highest BCUT2D eigenvalue weighted by atomic mass is 35.5. The van der Waals surface area contributed by atoms with Crippen LogP contribution in [0.2, 0.25) is 5.02 Å². The Bertz CT molecular complexity index is 381. The standard InChI is InChI=1S/C13H16ClNO/c1-2-12(16)15-13(8-3-9-13)10-4-6-11(14)7-5-10/h4-7H,2-3,8-9H2,1H3,(H,15,16). The number of rotatable bonds is 3. The Balaban J connectivity index is 2.21. The van der Waals surface area contributed by atoms with Gasteiger partial charge in [0, 0.05) is 11.4 Å². The fraction of sp³-hybridized carbons (Fsp3) is 0.462. The average Bonchev–Trinajstić information content (AvgIpc) is 2.24. The van der Waals surface area contributed by atoms with Crippen LogP contribution in [0.3, 0.4) is 0 Å². The molecule has 1 fully saturated rings. The predicted octanol–water partition coefficient (Wildman–Crippen LogP) is 3.25. The summed E-state index contributed by atoms with van der Waals surface area (Å²) in [6.45, 7) is 1.88. The normalized spacial score (nSPS) is 17.6. The quantitative estimate of drug-likeness (QED) is 0.859. The zero-order chi connectivity index (χ0) is 11.6. The Kier molecular flexibility index (Phi) is 3.20. The Morgan fingerprint density at radius 2 is 2.00 bits per heavy atom. The first kappa shape index (κ1) is 11.5. The highest BCUT2D eigenvalue weighted by Gasteiger charge is 2.39. The van der Waals surface area contributed by atoms with Crippen LogP contribution in [0.4, 0.5) is 0 Å². The van der Waals surface area contributed by atoms with E-state index >= 15 is 0 Å². The zero-order valence-corrected chi connectivity index (χ0v) is 10.2. The van der Waals surface area contributed by atoms with E-state index < -0.39 is 0 Å². The highest BCUT2D eigenvalue weighted by molar-refractivity contribution is 6.30. The van der Waals surface area contributed by atoms with Crippen molar-refractivity contribution in [2.45, 2.75) is 38.1 Å². The van der Waals surface area contributed by atoms with Gasteiger partial charge in [0.15, 0.2) is 0 Å². The first-order valence-electron chi connectivity index (χ1n) is 5.73. The molecule has 0 aliphatic heterocycles. The van der Waals surface area contributed by atoms with Gasteiger partial charge in [-0.3, -0.25) is 4.79 Å². The van der Waals surface area contributed by atoms with Crippen molar-refractivity contribution >= 4 is 17.5 Å². The maximum Gasteiger partial charge on any atom is 0.220 e. The summed E-state index contributed by atoms with van der Waals surface area (Å²) >= 11 is 5.87. The monoisotopic (exact) mass is 237 g/mol. The molecule has 1 saturated carbocycles. The molecule has 0 radical (unpaired) electrons. The van der Waals surface area contributed by atoms with E-state index in [1.54, 1.807) is 0 Å². The summed E-state index contributed by atoms with van der Waals surface area (Å²) < 4.78 is 0. The van der Waals surface area contributed by atoms with E-state index in [0.717, 1.165) is 17.9 Å². The van der Waals surface area contributed by atoms with Crippen molar-refractivity contribution in [2.75, 3.05) is 0 Å². The molecule has 0 aromatic heterocycles. The first-order chi connectivity index (χ1) is 7.66. The maximum atomic E-state index is 11.5. The molecule has 1 aromatic rings. The number of carbonyl (C=O) groups excluding carboxylic acids is 1. The molecule has 0 unspecified atom stereocenters. The topological polar surface area (TPSA) is 29.1 Å². The van der Waals surface area contributed by atoms with Crippen LogP contribution in [0.1, 0.15) is 38.2 Å². The van der Waals surface area contributed by atoms with Gasteiger partial charge in [-0.25, -0.2) is 0 Å². The van der Waals surface area contributed by atoms with Gasteiger partial charge < -0.3 is 5.32 Å². The lowest BCUT2D eigenvalue weighted by atomic mass is 9.71. The number of nitrogens with one attached hydrogen (secondary N) is 1. The minimum atomic E-state index is -0.127. The molecule has 0 heterocycles. The Morgan fingerprint density at radius 1 is 1.38 bits per heavy atom. The van der Waals surface area contributed by atoms with E-state index in [-0.39, 0.29) is 11.4 Å². The SMILES string of the molecule is CCC(=O)NC1(c2ccc(Cl)cc2)CCC1. The number of benzene rings is 1. The lowest BCUT2D eigenvalue weighted by Crippen LogP contribution is -2.50. The van der Waals surface area contributed by atoms with Crippen LogP contribution in [-0.4, -0.2) is 5.91 Å². The van der Waals surface area contributed by atoms with Crippen molar-refractivity contribution < 1.29 is 4.79 Å². The third-order valence-electron chi connectivity index (χ3n) is 3.30. The van der Waals surface area contributed by atoms with Crippen molar-refractivity contribution in [3.05, 3.63) is 34.9 Å². The molecule has 1 aromatic carbocycles. The number of amides is 1. The molecular formula is C13H16ClNO. The number of hydrogen-bond acceptors (Lipinski definition) is 1. The van der Waals surface area contributed by atoms with E-state index in [9.17, 15) is 4.79 Å². The second-order valence-electron chi connectivity index (χ2n) is 4.34. The van der Waals surface area contributed by atoms with E-state index in [1.807, 2.05) is 31.2 Å². The van der Waals surface area contributed by atoms with Gasteiger partial charge in [-0.2, -0.15) is 0 Å². The first-order valence-corrected chi connectivity index (χ1v) is 6.11. The van der Waals surface area contributed by atoms with Crippen molar-refractivity contribution in [1.82, 2.24) is 5.32 Å². The van der Waals surface area contributed by atoms with Gasteiger partial charge in [0.05, 0.1) is 5.54 Å². The molecular weight excluding hydrogens is 222 g/mol. The Labute approximate surface area is 101 Å².